The van der Waals surface area contributed by atoms with Gasteiger partial charge in [-0.1, -0.05) is 17.7 Å². The molecular formula is C18H22ClFN6O. The fourth-order valence-electron chi connectivity index (χ4n) is 2.97. The van der Waals surface area contributed by atoms with E-state index in [1.807, 2.05) is 0 Å². The second-order valence-electron chi connectivity index (χ2n) is 6.39. The van der Waals surface area contributed by atoms with Crippen molar-refractivity contribution in [1.82, 2.24) is 15.3 Å². The Kier molecular flexibility index (Phi) is 6.41. The van der Waals surface area contributed by atoms with Crippen LogP contribution in [0, 0.1) is 11.7 Å². The second-order valence-corrected chi connectivity index (χ2v) is 6.80. The van der Waals surface area contributed by atoms with Crippen LogP contribution < -0.4 is 20.9 Å². The van der Waals surface area contributed by atoms with Gasteiger partial charge in [0.05, 0.1) is 18.4 Å². The van der Waals surface area contributed by atoms with Gasteiger partial charge >= 0.3 is 0 Å². The Bertz CT molecular complexity index is 799. The Morgan fingerprint density at radius 2 is 2.33 bits per heavy atom. The Hall–Kier alpha value is -2.45. The highest BCUT2D eigenvalue weighted by molar-refractivity contribution is 6.31. The van der Waals surface area contributed by atoms with Crippen LogP contribution in [0.2, 0.25) is 5.02 Å². The average molecular weight is 393 g/mol. The van der Waals surface area contributed by atoms with E-state index >= 15 is 0 Å². The number of hydrogen-bond donors (Lipinski definition) is 3. The molecule has 1 aliphatic heterocycles. The summed E-state index contributed by atoms with van der Waals surface area (Å²) < 4.78 is 13.3. The minimum atomic E-state index is -0.424. The minimum absolute atomic E-state index is 0.167. The number of hydrogen-bond acceptors (Lipinski definition) is 6. The largest absolute Gasteiger partial charge is 0.384 e. The predicted octanol–water partition coefficient (Wildman–Crippen LogP) is 2.50. The Morgan fingerprint density at radius 3 is 3.00 bits per heavy atom. The molecule has 2 heterocycles. The number of nitrogens with zero attached hydrogens (tertiary/aromatic N) is 3. The summed E-state index contributed by atoms with van der Waals surface area (Å²) in [5, 5.41) is 9.80. The molecule has 3 N–H and O–H groups in total. The first-order valence-electron chi connectivity index (χ1n) is 8.76. The number of rotatable bonds is 8. The van der Waals surface area contributed by atoms with Crippen molar-refractivity contribution in [3.8, 4) is 0 Å². The van der Waals surface area contributed by atoms with Gasteiger partial charge in [-0.3, -0.25) is 9.69 Å². The summed E-state index contributed by atoms with van der Waals surface area (Å²) in [6.45, 7) is 2.92. The van der Waals surface area contributed by atoms with E-state index < -0.39 is 5.82 Å². The molecule has 27 heavy (non-hydrogen) atoms. The van der Waals surface area contributed by atoms with Gasteiger partial charge in [-0.25, -0.2) is 9.37 Å². The molecule has 1 fully saturated rings. The summed E-state index contributed by atoms with van der Waals surface area (Å²) in [6.07, 6.45) is 3.41. The van der Waals surface area contributed by atoms with E-state index in [4.69, 9.17) is 11.6 Å². The number of amides is 1. The van der Waals surface area contributed by atoms with Gasteiger partial charge in [-0.2, -0.15) is 4.98 Å². The third-order valence-electron chi connectivity index (χ3n) is 4.50. The van der Waals surface area contributed by atoms with Gasteiger partial charge < -0.3 is 16.0 Å². The summed E-state index contributed by atoms with van der Waals surface area (Å²) in [5.41, 5.74) is 1.23. The van der Waals surface area contributed by atoms with Crippen LogP contribution in [0.4, 0.5) is 21.8 Å². The standard InChI is InChI=1S/C18H22ClFN6O/c1-21-16-9-24-18(23-8-12-4-5-22-7-12)25-17(16)26(11-27)10-13-2-3-14(20)6-15(13)19/h2-3,6,9,11-12,21-22H,4-5,7-8,10H2,1H3,(H,23,24,25). The van der Waals surface area contributed by atoms with Crippen molar-refractivity contribution in [2.45, 2.75) is 13.0 Å². The molecule has 0 saturated carbocycles. The molecule has 9 heteroatoms. The van der Waals surface area contributed by atoms with Crippen LogP contribution in [0.1, 0.15) is 12.0 Å². The lowest BCUT2D eigenvalue weighted by molar-refractivity contribution is -0.107. The zero-order valence-electron chi connectivity index (χ0n) is 15.0. The van der Waals surface area contributed by atoms with Crippen molar-refractivity contribution in [2.75, 3.05) is 42.2 Å². The number of aromatic nitrogens is 2. The van der Waals surface area contributed by atoms with E-state index in [-0.39, 0.29) is 11.6 Å². The number of halogens is 2. The Balaban J connectivity index is 1.80. The molecule has 1 aromatic heterocycles. The molecule has 2 aromatic rings. The zero-order chi connectivity index (χ0) is 19.2. The molecule has 0 bridgehead atoms. The highest BCUT2D eigenvalue weighted by Crippen LogP contribution is 2.26. The molecule has 7 nitrogen and oxygen atoms in total. The number of benzene rings is 1. The van der Waals surface area contributed by atoms with Gasteiger partial charge in [0.1, 0.15) is 5.82 Å². The molecule has 0 spiro atoms. The van der Waals surface area contributed by atoms with Gasteiger partial charge in [0, 0.05) is 18.6 Å². The van der Waals surface area contributed by atoms with E-state index in [2.05, 4.69) is 25.9 Å². The van der Waals surface area contributed by atoms with Crippen molar-refractivity contribution in [3.63, 3.8) is 0 Å². The van der Waals surface area contributed by atoms with Crippen molar-refractivity contribution < 1.29 is 9.18 Å². The highest BCUT2D eigenvalue weighted by atomic mass is 35.5. The lowest BCUT2D eigenvalue weighted by Gasteiger charge is -2.21. The quantitative estimate of drug-likeness (QED) is 0.599. The van der Waals surface area contributed by atoms with Gasteiger partial charge in [-0.05, 0) is 43.1 Å². The number of anilines is 3. The maximum Gasteiger partial charge on any atom is 0.224 e. The van der Waals surface area contributed by atoms with E-state index in [0.717, 1.165) is 26.1 Å². The Morgan fingerprint density at radius 1 is 1.48 bits per heavy atom. The van der Waals surface area contributed by atoms with Crippen molar-refractivity contribution in [3.05, 3.63) is 40.8 Å². The van der Waals surface area contributed by atoms with E-state index in [1.54, 1.807) is 19.3 Å². The monoisotopic (exact) mass is 392 g/mol. The maximum absolute atomic E-state index is 13.3. The maximum atomic E-state index is 13.3. The summed E-state index contributed by atoms with van der Waals surface area (Å²) in [7, 11) is 1.73. The molecule has 3 rings (SSSR count). The fraction of sp³-hybridized carbons (Fsp3) is 0.389. The van der Waals surface area contributed by atoms with E-state index in [0.29, 0.717) is 35.3 Å². The summed E-state index contributed by atoms with van der Waals surface area (Å²) in [6, 6.07) is 4.09. The lowest BCUT2D eigenvalue weighted by atomic mass is 10.1. The van der Waals surface area contributed by atoms with Crippen LogP contribution >= 0.6 is 11.6 Å². The zero-order valence-corrected chi connectivity index (χ0v) is 15.8. The first-order chi connectivity index (χ1) is 13.1. The van der Waals surface area contributed by atoms with Crippen LogP contribution in [0.15, 0.2) is 24.4 Å². The number of carbonyl (C=O) groups excluding carboxylic acids is 1. The van der Waals surface area contributed by atoms with E-state index in [9.17, 15) is 9.18 Å². The summed E-state index contributed by atoms with van der Waals surface area (Å²) in [4.78, 5) is 21.9. The average Bonchev–Trinajstić information content (AvgIpc) is 3.19. The molecule has 1 saturated heterocycles. The molecule has 1 aliphatic rings. The van der Waals surface area contributed by atoms with Gasteiger partial charge in [0.2, 0.25) is 12.4 Å². The van der Waals surface area contributed by atoms with Crippen LogP contribution in [0.25, 0.3) is 0 Å². The number of carbonyl (C=O) groups is 1. The van der Waals surface area contributed by atoms with Crippen LogP contribution in [-0.4, -0.2) is 43.1 Å². The molecule has 1 amide bonds. The molecule has 144 valence electrons. The lowest BCUT2D eigenvalue weighted by Crippen LogP contribution is -2.24. The SMILES string of the molecule is CNc1cnc(NCC2CCNC2)nc1N(C=O)Cc1ccc(F)cc1Cl. The predicted molar refractivity (Wildman–Crippen MR) is 105 cm³/mol. The molecule has 0 radical (unpaired) electrons. The van der Waals surface area contributed by atoms with Crippen molar-refractivity contribution in [2.24, 2.45) is 5.92 Å². The normalized spacial score (nSPS) is 16.2. The molecule has 1 unspecified atom stereocenters. The number of nitrogens with one attached hydrogen (secondary N) is 3. The first kappa shape index (κ1) is 19.3. The fourth-order valence-corrected chi connectivity index (χ4v) is 3.20. The third kappa shape index (κ3) is 4.84. The minimum Gasteiger partial charge on any atom is -0.384 e. The molecular weight excluding hydrogens is 371 g/mol. The third-order valence-corrected chi connectivity index (χ3v) is 4.86. The summed E-state index contributed by atoms with van der Waals surface area (Å²) >= 11 is 6.10. The molecule has 0 aliphatic carbocycles. The topological polar surface area (TPSA) is 82.2 Å². The van der Waals surface area contributed by atoms with Crippen LogP contribution in [0.5, 0.6) is 0 Å². The van der Waals surface area contributed by atoms with Crippen molar-refractivity contribution in [1.29, 1.82) is 0 Å². The van der Waals surface area contributed by atoms with Gasteiger partial charge in [-0.15, -0.1) is 0 Å². The first-order valence-corrected chi connectivity index (χ1v) is 9.13. The smallest absolute Gasteiger partial charge is 0.224 e. The molecule has 1 aromatic carbocycles. The highest BCUT2D eigenvalue weighted by Gasteiger charge is 2.18. The molecule has 1 atom stereocenters. The van der Waals surface area contributed by atoms with E-state index in [1.165, 1.54) is 17.0 Å². The second kappa shape index (κ2) is 8.96. The van der Waals surface area contributed by atoms with Gasteiger partial charge in [0.15, 0.2) is 5.82 Å². The van der Waals surface area contributed by atoms with Crippen LogP contribution in [-0.2, 0) is 11.3 Å². The Labute approximate surface area is 162 Å². The van der Waals surface area contributed by atoms with Gasteiger partial charge in [0.25, 0.3) is 0 Å². The van der Waals surface area contributed by atoms with Crippen LogP contribution in [0.3, 0.4) is 0 Å². The van der Waals surface area contributed by atoms with Crippen molar-refractivity contribution >= 4 is 35.5 Å². The summed E-state index contributed by atoms with van der Waals surface area (Å²) in [5.74, 6) is 0.983.